The number of hydrogen-bond acceptors (Lipinski definition) is 5. The molecule has 0 radical (unpaired) electrons. The number of carbonyl (C=O) groups is 1. The van der Waals surface area contributed by atoms with Crippen molar-refractivity contribution in [3.8, 4) is 11.4 Å². The Kier molecular flexibility index (Phi) is 3.38. The lowest BCUT2D eigenvalue weighted by Crippen LogP contribution is -2.09. The van der Waals surface area contributed by atoms with E-state index in [9.17, 15) is 9.18 Å². The van der Waals surface area contributed by atoms with Crippen LogP contribution in [-0.4, -0.2) is 25.7 Å². The van der Waals surface area contributed by atoms with Gasteiger partial charge in [0.2, 0.25) is 16.0 Å². The molecule has 0 atom stereocenters. The molecule has 0 aliphatic heterocycles. The molecule has 21 heavy (non-hydrogen) atoms. The summed E-state index contributed by atoms with van der Waals surface area (Å²) in [5, 5.41) is 15.4. The van der Waals surface area contributed by atoms with E-state index < -0.39 is 0 Å². The number of anilines is 1. The topological polar surface area (TPSA) is 72.2 Å². The summed E-state index contributed by atoms with van der Waals surface area (Å²) < 4.78 is 15.2. The summed E-state index contributed by atoms with van der Waals surface area (Å²) in [7, 11) is 0. The number of nitrogens with zero attached hydrogens (tertiary/aromatic N) is 4. The number of nitrogens with one attached hydrogen (secondary N) is 1. The lowest BCUT2D eigenvalue weighted by molar-refractivity contribution is -0.115. The summed E-state index contributed by atoms with van der Waals surface area (Å²) >= 11 is 1.22. The second kappa shape index (κ2) is 5.21. The molecule has 3 rings (SSSR count). The number of aryl methyl sites for hydroxylation is 1. The maximum absolute atomic E-state index is 13.7. The molecule has 0 bridgehead atoms. The highest BCUT2D eigenvalue weighted by atomic mass is 32.1. The molecule has 0 spiro atoms. The largest absolute Gasteiger partial charge is 0.301 e. The van der Waals surface area contributed by atoms with Crippen molar-refractivity contribution in [1.29, 1.82) is 0 Å². The molecule has 8 heteroatoms. The number of halogens is 1. The summed E-state index contributed by atoms with van der Waals surface area (Å²) in [5.74, 6) is 0.0130. The maximum Gasteiger partial charge on any atom is 0.236 e. The van der Waals surface area contributed by atoms with Gasteiger partial charge < -0.3 is 5.32 Å². The van der Waals surface area contributed by atoms with Gasteiger partial charge in [-0.15, -0.1) is 15.3 Å². The first-order valence-corrected chi connectivity index (χ1v) is 7.18. The van der Waals surface area contributed by atoms with Crippen LogP contribution in [-0.2, 0) is 4.79 Å². The van der Waals surface area contributed by atoms with Crippen molar-refractivity contribution in [2.24, 2.45) is 0 Å². The molecule has 2 aromatic heterocycles. The first-order valence-electron chi connectivity index (χ1n) is 6.37. The second-order valence-electron chi connectivity index (χ2n) is 4.49. The fourth-order valence-corrected chi connectivity index (χ4v) is 2.54. The smallest absolute Gasteiger partial charge is 0.236 e. The van der Waals surface area contributed by atoms with Crippen molar-refractivity contribution in [3.05, 3.63) is 29.6 Å². The maximum atomic E-state index is 13.7. The van der Waals surface area contributed by atoms with Gasteiger partial charge in [0.15, 0.2) is 5.82 Å². The Labute approximate surface area is 123 Å². The molecule has 108 valence electrons. The third kappa shape index (κ3) is 2.49. The van der Waals surface area contributed by atoms with Crippen LogP contribution in [0.3, 0.4) is 0 Å². The van der Waals surface area contributed by atoms with E-state index in [0.29, 0.717) is 33.5 Å². The Balaban J connectivity index is 2.02. The lowest BCUT2D eigenvalue weighted by Gasteiger charge is -2.00. The number of rotatable bonds is 3. The summed E-state index contributed by atoms with van der Waals surface area (Å²) in [6, 6.07) is 4.84. The third-order valence-electron chi connectivity index (χ3n) is 2.99. The van der Waals surface area contributed by atoms with E-state index in [0.717, 1.165) is 0 Å². The molecule has 3 aromatic rings. The highest BCUT2D eigenvalue weighted by Gasteiger charge is 2.15. The van der Waals surface area contributed by atoms with Crippen LogP contribution in [0.1, 0.15) is 18.9 Å². The van der Waals surface area contributed by atoms with Crippen LogP contribution in [0.25, 0.3) is 16.3 Å². The van der Waals surface area contributed by atoms with E-state index in [1.165, 1.54) is 21.9 Å². The number of aromatic nitrogens is 4. The Bertz CT molecular complexity index is 825. The summed E-state index contributed by atoms with van der Waals surface area (Å²) in [6.45, 7) is 3.45. The minimum absolute atomic E-state index is 0.122. The van der Waals surface area contributed by atoms with Crippen molar-refractivity contribution in [3.63, 3.8) is 0 Å². The molecule has 1 aromatic carbocycles. The molecule has 2 heterocycles. The van der Waals surface area contributed by atoms with Gasteiger partial charge in [-0.1, -0.05) is 30.4 Å². The van der Waals surface area contributed by atoms with E-state index in [1.54, 1.807) is 26.0 Å². The molecule has 0 saturated carbocycles. The molecular formula is C13H12FN5OS. The third-order valence-corrected chi connectivity index (χ3v) is 3.80. The fraction of sp³-hybridized carbons (Fsp3) is 0.231. The SMILES string of the molecule is CCC(=O)Nc1nn2c(-c3ccc(C)c(F)c3)nnc2s1. The predicted octanol–water partition coefficient (Wildman–Crippen LogP) is 2.65. The van der Waals surface area contributed by atoms with E-state index >= 15 is 0 Å². The van der Waals surface area contributed by atoms with Gasteiger partial charge in [0, 0.05) is 12.0 Å². The Morgan fingerprint density at radius 2 is 2.24 bits per heavy atom. The van der Waals surface area contributed by atoms with E-state index in [1.807, 2.05) is 0 Å². The van der Waals surface area contributed by atoms with Gasteiger partial charge in [0.25, 0.3) is 0 Å². The molecule has 0 saturated heterocycles. The van der Waals surface area contributed by atoms with Crippen LogP contribution < -0.4 is 5.32 Å². The minimum Gasteiger partial charge on any atom is -0.301 e. The van der Waals surface area contributed by atoms with Crippen LogP contribution >= 0.6 is 11.3 Å². The van der Waals surface area contributed by atoms with Crippen LogP contribution in [0.2, 0.25) is 0 Å². The van der Waals surface area contributed by atoms with Crippen molar-refractivity contribution in [2.75, 3.05) is 5.32 Å². The molecule has 0 aliphatic rings. The zero-order valence-corrected chi connectivity index (χ0v) is 12.2. The summed E-state index contributed by atoms with van der Waals surface area (Å²) in [4.78, 5) is 11.9. The summed E-state index contributed by atoms with van der Waals surface area (Å²) in [5.41, 5.74) is 1.15. The van der Waals surface area contributed by atoms with E-state index in [4.69, 9.17) is 0 Å². The first kappa shape index (κ1) is 13.6. The predicted molar refractivity (Wildman–Crippen MR) is 77.7 cm³/mol. The van der Waals surface area contributed by atoms with Crippen molar-refractivity contribution >= 4 is 27.3 Å². The van der Waals surface area contributed by atoms with E-state index in [2.05, 4.69) is 20.6 Å². The lowest BCUT2D eigenvalue weighted by atomic mass is 10.1. The summed E-state index contributed by atoms with van der Waals surface area (Å²) in [6.07, 6.45) is 0.371. The average molecular weight is 305 g/mol. The van der Waals surface area contributed by atoms with Gasteiger partial charge in [-0.05, 0) is 18.6 Å². The Morgan fingerprint density at radius 3 is 2.95 bits per heavy atom. The Hall–Kier alpha value is -2.35. The molecular weight excluding hydrogens is 293 g/mol. The minimum atomic E-state index is -0.306. The normalized spacial score (nSPS) is 11.0. The molecule has 0 fully saturated rings. The van der Waals surface area contributed by atoms with Crippen molar-refractivity contribution < 1.29 is 9.18 Å². The number of carbonyl (C=O) groups excluding carboxylic acids is 1. The fourth-order valence-electron chi connectivity index (χ4n) is 1.79. The molecule has 1 amide bonds. The van der Waals surface area contributed by atoms with Crippen LogP contribution in [0.4, 0.5) is 9.52 Å². The highest BCUT2D eigenvalue weighted by molar-refractivity contribution is 7.20. The van der Waals surface area contributed by atoms with Crippen LogP contribution in [0.15, 0.2) is 18.2 Å². The number of hydrogen-bond donors (Lipinski definition) is 1. The zero-order valence-electron chi connectivity index (χ0n) is 11.4. The monoisotopic (exact) mass is 305 g/mol. The van der Waals surface area contributed by atoms with Crippen LogP contribution in [0.5, 0.6) is 0 Å². The Morgan fingerprint density at radius 1 is 1.43 bits per heavy atom. The zero-order chi connectivity index (χ0) is 15.0. The van der Waals surface area contributed by atoms with Gasteiger partial charge in [-0.3, -0.25) is 4.79 Å². The van der Waals surface area contributed by atoms with E-state index in [-0.39, 0.29) is 11.7 Å². The highest BCUT2D eigenvalue weighted by Crippen LogP contribution is 2.25. The van der Waals surface area contributed by atoms with Gasteiger partial charge >= 0.3 is 0 Å². The molecule has 6 nitrogen and oxygen atoms in total. The quantitative estimate of drug-likeness (QED) is 0.807. The number of fused-ring (bicyclic) bond motifs is 1. The van der Waals surface area contributed by atoms with Crippen molar-refractivity contribution in [1.82, 2.24) is 19.8 Å². The molecule has 0 unspecified atom stereocenters. The van der Waals surface area contributed by atoms with Gasteiger partial charge in [0.05, 0.1) is 0 Å². The van der Waals surface area contributed by atoms with Gasteiger partial charge in [-0.2, -0.15) is 4.52 Å². The first-order chi connectivity index (χ1) is 10.1. The van der Waals surface area contributed by atoms with Crippen molar-refractivity contribution in [2.45, 2.75) is 20.3 Å². The second-order valence-corrected chi connectivity index (χ2v) is 5.45. The molecule has 0 aliphatic carbocycles. The van der Waals surface area contributed by atoms with Gasteiger partial charge in [-0.25, -0.2) is 4.39 Å². The molecule has 1 N–H and O–H groups in total. The van der Waals surface area contributed by atoms with Gasteiger partial charge in [0.1, 0.15) is 5.82 Å². The van der Waals surface area contributed by atoms with Crippen LogP contribution in [0, 0.1) is 12.7 Å². The standard InChI is InChI=1S/C13H12FN5OS/c1-3-10(20)15-12-18-19-11(16-17-13(19)21-12)8-5-4-7(2)9(14)6-8/h4-6H,3H2,1-2H3,(H,15,18,20). The number of amides is 1. The number of benzene rings is 1. The average Bonchev–Trinajstić information content (AvgIpc) is 3.01.